The van der Waals surface area contributed by atoms with Crippen LogP contribution in [0, 0.1) is 0 Å². The molecule has 2 heterocycles. The van der Waals surface area contributed by atoms with E-state index < -0.39 is 39.8 Å². The Labute approximate surface area is 285 Å². The van der Waals surface area contributed by atoms with Gasteiger partial charge < -0.3 is 28.2 Å². The Hall–Kier alpha value is -3.10. The Bertz CT molecular complexity index is 1580. The lowest BCUT2D eigenvalue weighted by Gasteiger charge is -2.40. The van der Waals surface area contributed by atoms with E-state index >= 15 is 0 Å². The number of rotatable bonds is 14. The van der Waals surface area contributed by atoms with Crippen LogP contribution in [0.4, 0.5) is 0 Å². The average molecular weight is 693 g/mol. The summed E-state index contributed by atoms with van der Waals surface area (Å²) in [7, 11) is -5.39. The van der Waals surface area contributed by atoms with Gasteiger partial charge in [0.05, 0.1) is 26.4 Å². The first-order valence-electron chi connectivity index (χ1n) is 16.0. The first-order valence-corrected chi connectivity index (χ1v) is 19.0. The predicted molar refractivity (Wildman–Crippen MR) is 182 cm³/mol. The van der Waals surface area contributed by atoms with Crippen molar-refractivity contribution >= 4 is 21.3 Å². The molecule has 0 N–H and O–H groups in total. The van der Waals surface area contributed by atoms with Gasteiger partial charge in [0, 0.05) is 5.56 Å². The van der Waals surface area contributed by atoms with Crippen molar-refractivity contribution in [1.82, 2.24) is 0 Å². The average Bonchev–Trinajstić information content (AvgIpc) is 3.11. The normalized spacial score (nSPS) is 26.2. The topological polar surface area (TPSA) is 113 Å². The van der Waals surface area contributed by atoms with E-state index in [1.165, 1.54) is 0 Å². The lowest BCUT2D eigenvalue weighted by Crippen LogP contribution is -2.57. The maximum Gasteiger partial charge on any atom is 0.218 e. The van der Waals surface area contributed by atoms with Crippen LogP contribution in [0.2, 0.25) is 0 Å². The molecule has 0 aliphatic carbocycles. The van der Waals surface area contributed by atoms with E-state index in [0.717, 1.165) is 22.3 Å². The highest BCUT2D eigenvalue weighted by molar-refractivity contribution is 7.97. The van der Waals surface area contributed by atoms with E-state index in [1.54, 1.807) is 0 Å². The summed E-state index contributed by atoms with van der Waals surface area (Å²) in [6.45, 7) is 1.08. The number of hydrogen-bond donors (Lipinski definition) is 0. The fourth-order valence-corrected chi connectivity index (χ4v) is 9.05. The minimum Gasteiger partial charge on any atom is -0.726 e. The monoisotopic (exact) mass is 692 g/mol. The maximum atomic E-state index is 11.7. The van der Waals surface area contributed by atoms with Gasteiger partial charge in [0.2, 0.25) is 10.4 Å². The first-order chi connectivity index (χ1) is 23.4. The molecule has 4 aromatic rings. The Morgan fingerprint density at radius 2 is 1.10 bits per heavy atom. The summed E-state index contributed by atoms with van der Waals surface area (Å²) in [6.07, 6.45) is -3.57. The summed E-state index contributed by atoms with van der Waals surface area (Å²) in [5.74, 6) is 1.69. The van der Waals surface area contributed by atoms with Crippen LogP contribution in [-0.4, -0.2) is 67.4 Å². The van der Waals surface area contributed by atoms with Crippen LogP contribution in [0.25, 0.3) is 0 Å². The minimum absolute atomic E-state index is 0.104. The van der Waals surface area contributed by atoms with E-state index in [4.69, 9.17) is 27.9 Å². The molecule has 0 radical (unpaired) electrons. The van der Waals surface area contributed by atoms with Crippen molar-refractivity contribution in [2.24, 2.45) is 0 Å². The molecule has 3 unspecified atom stereocenters. The molecule has 0 bridgehead atoms. The van der Waals surface area contributed by atoms with E-state index in [-0.39, 0.29) is 24.9 Å². The molecule has 6 rings (SSSR count). The smallest absolute Gasteiger partial charge is 0.218 e. The zero-order valence-electron chi connectivity index (χ0n) is 26.5. The standard InChI is InChI=1S/C37H40O9S2/c38-48(39,40)46-32-24-44-37(31-19-11-4-12-20-31)45-33(32)25-47-26-34(41-21-28-13-5-1-6-14-28)36(43-23-30-17-9-3-10-18-30)35(27-47)42-22-29-15-7-2-8-16-29/h1-20,32-37H,21-27H2/t32-,33+,34-,35+,36?,37?,47?/m0/s1. The Morgan fingerprint density at radius 1 is 0.646 bits per heavy atom. The highest BCUT2D eigenvalue weighted by Gasteiger charge is 2.49. The summed E-state index contributed by atoms with van der Waals surface area (Å²) < 4.78 is 72.2. The summed E-state index contributed by atoms with van der Waals surface area (Å²) in [5.41, 5.74) is 3.92. The first kappa shape index (κ1) is 34.8. The van der Waals surface area contributed by atoms with Gasteiger partial charge in [-0.05, 0) is 27.6 Å². The highest BCUT2D eigenvalue weighted by atomic mass is 32.3. The molecule has 9 nitrogen and oxygen atoms in total. The lowest BCUT2D eigenvalue weighted by atomic mass is 10.1. The van der Waals surface area contributed by atoms with Crippen LogP contribution in [0.3, 0.4) is 0 Å². The van der Waals surface area contributed by atoms with Gasteiger partial charge >= 0.3 is 0 Å². The molecule has 48 heavy (non-hydrogen) atoms. The predicted octanol–water partition coefficient (Wildman–Crippen LogP) is 5.33. The molecular formula is C37H40O9S2. The van der Waals surface area contributed by atoms with Gasteiger partial charge in [-0.3, -0.25) is 4.18 Å². The van der Waals surface area contributed by atoms with Crippen LogP contribution >= 0.6 is 0 Å². The zero-order chi connectivity index (χ0) is 33.2. The quantitative estimate of drug-likeness (QED) is 0.0983. The third-order valence-electron chi connectivity index (χ3n) is 8.27. The second-order valence-electron chi connectivity index (χ2n) is 11.8. The number of hydrogen-bond acceptors (Lipinski definition) is 9. The summed E-state index contributed by atoms with van der Waals surface area (Å²) in [4.78, 5) is 0. The van der Waals surface area contributed by atoms with Crippen molar-refractivity contribution in [2.75, 3.05) is 23.9 Å². The summed E-state index contributed by atoms with van der Waals surface area (Å²) >= 11 is 0. The highest BCUT2D eigenvalue weighted by Crippen LogP contribution is 2.32. The number of ether oxygens (including phenoxy) is 5. The summed E-state index contributed by atoms with van der Waals surface area (Å²) in [6, 6.07) is 39.4. The molecule has 0 saturated carbocycles. The largest absolute Gasteiger partial charge is 0.726 e. The van der Waals surface area contributed by atoms with Crippen molar-refractivity contribution in [3.8, 4) is 0 Å². The molecular weight excluding hydrogens is 653 g/mol. The fourth-order valence-electron chi connectivity index (χ4n) is 5.90. The van der Waals surface area contributed by atoms with E-state index in [9.17, 15) is 13.0 Å². The molecule has 0 aromatic heterocycles. The van der Waals surface area contributed by atoms with Crippen LogP contribution < -0.4 is 0 Å². The number of benzene rings is 4. The van der Waals surface area contributed by atoms with Crippen LogP contribution in [0.5, 0.6) is 0 Å². The molecule has 2 aliphatic rings. The SMILES string of the molecule is O=S(=O)([O-])O[C@H]1COC(c2ccccc2)O[C@@H]1C[S+]1C[C@H](OCc2ccccc2)C(OCc2ccccc2)[C@H](OCc2ccccc2)C1. The molecule has 0 amide bonds. The third-order valence-corrected chi connectivity index (χ3v) is 11.2. The third kappa shape index (κ3) is 10.2. The second-order valence-corrected chi connectivity index (χ2v) is 15.1. The van der Waals surface area contributed by atoms with Gasteiger partial charge in [0.15, 0.2) is 6.29 Å². The Balaban J connectivity index is 1.25. The molecule has 2 fully saturated rings. The van der Waals surface area contributed by atoms with E-state index in [2.05, 4.69) is 0 Å². The van der Waals surface area contributed by atoms with Crippen LogP contribution in [-0.2, 0) is 69.0 Å². The van der Waals surface area contributed by atoms with E-state index in [1.807, 2.05) is 121 Å². The van der Waals surface area contributed by atoms with Crippen molar-refractivity contribution in [3.05, 3.63) is 144 Å². The van der Waals surface area contributed by atoms with E-state index in [0.29, 0.717) is 37.1 Å². The molecule has 11 heteroatoms. The lowest BCUT2D eigenvalue weighted by molar-refractivity contribution is -0.245. The Kier molecular flexibility index (Phi) is 12.3. The Morgan fingerprint density at radius 3 is 1.58 bits per heavy atom. The van der Waals surface area contributed by atoms with Crippen molar-refractivity contribution < 1.29 is 40.8 Å². The molecule has 0 spiro atoms. The molecule has 2 saturated heterocycles. The van der Waals surface area contributed by atoms with Crippen LogP contribution in [0.1, 0.15) is 28.5 Å². The maximum absolute atomic E-state index is 11.7. The van der Waals surface area contributed by atoms with Gasteiger partial charge in [-0.25, -0.2) is 8.42 Å². The molecule has 254 valence electrons. The summed E-state index contributed by atoms with van der Waals surface area (Å²) in [5, 5.41) is 0. The fraction of sp³-hybridized carbons (Fsp3) is 0.351. The molecule has 4 aromatic carbocycles. The van der Waals surface area contributed by atoms with Crippen molar-refractivity contribution in [1.29, 1.82) is 0 Å². The second kappa shape index (κ2) is 17.0. The zero-order valence-corrected chi connectivity index (χ0v) is 28.1. The van der Waals surface area contributed by atoms with Crippen LogP contribution in [0.15, 0.2) is 121 Å². The van der Waals surface area contributed by atoms with Gasteiger partial charge in [-0.15, -0.1) is 0 Å². The van der Waals surface area contributed by atoms with Gasteiger partial charge in [-0.2, -0.15) is 0 Å². The van der Waals surface area contributed by atoms with Crippen molar-refractivity contribution in [3.63, 3.8) is 0 Å². The van der Waals surface area contributed by atoms with Gasteiger partial charge in [0.1, 0.15) is 47.8 Å². The molecule has 7 atom stereocenters. The van der Waals surface area contributed by atoms with Gasteiger partial charge in [0.25, 0.3) is 0 Å². The molecule has 2 aliphatic heterocycles. The van der Waals surface area contributed by atoms with Gasteiger partial charge in [-0.1, -0.05) is 121 Å². The minimum atomic E-state index is -5.00. The van der Waals surface area contributed by atoms with Crippen molar-refractivity contribution in [2.45, 2.75) is 56.6 Å².